The van der Waals surface area contributed by atoms with E-state index < -0.39 is 0 Å². The molecule has 1 aromatic carbocycles. The fourth-order valence-corrected chi connectivity index (χ4v) is 2.73. The minimum atomic E-state index is -0.139. The number of anilines is 1. The minimum Gasteiger partial charge on any atom is -0.508 e. The van der Waals surface area contributed by atoms with Crippen LogP contribution in [0.4, 0.5) is 5.69 Å². The summed E-state index contributed by atoms with van der Waals surface area (Å²) in [6.45, 7) is 8.32. The monoisotopic (exact) mass is 263 g/mol. The van der Waals surface area contributed by atoms with Crippen LogP contribution in [0.5, 0.6) is 5.75 Å². The Labute approximate surface area is 115 Å². The van der Waals surface area contributed by atoms with Crippen LogP contribution in [0.3, 0.4) is 0 Å². The van der Waals surface area contributed by atoms with Gasteiger partial charge < -0.3 is 15.7 Å². The Kier molecular flexibility index (Phi) is 4.02. The van der Waals surface area contributed by atoms with E-state index in [0.717, 1.165) is 24.3 Å². The summed E-state index contributed by atoms with van der Waals surface area (Å²) >= 11 is 0. The van der Waals surface area contributed by atoms with Gasteiger partial charge in [-0.05, 0) is 33.9 Å². The molecule has 4 heteroatoms. The van der Waals surface area contributed by atoms with E-state index >= 15 is 0 Å². The molecule has 3 N–H and O–H groups in total. The molecule has 1 saturated heterocycles. The van der Waals surface area contributed by atoms with Crippen LogP contribution in [0.1, 0.15) is 32.4 Å². The molecule has 1 aromatic rings. The van der Waals surface area contributed by atoms with Gasteiger partial charge in [-0.15, -0.1) is 0 Å². The molecule has 4 nitrogen and oxygen atoms in total. The number of piperazine rings is 1. The van der Waals surface area contributed by atoms with E-state index in [4.69, 9.17) is 5.73 Å². The van der Waals surface area contributed by atoms with E-state index in [1.165, 1.54) is 0 Å². The van der Waals surface area contributed by atoms with Gasteiger partial charge in [0, 0.05) is 48.5 Å². The largest absolute Gasteiger partial charge is 0.508 e. The first-order chi connectivity index (χ1) is 8.90. The number of hydrogen-bond donors (Lipinski definition) is 2. The van der Waals surface area contributed by atoms with Crippen molar-refractivity contribution >= 4 is 5.69 Å². The Morgan fingerprint density at radius 1 is 1.26 bits per heavy atom. The van der Waals surface area contributed by atoms with Gasteiger partial charge in [-0.2, -0.15) is 0 Å². The van der Waals surface area contributed by atoms with Gasteiger partial charge in [-0.3, -0.25) is 4.90 Å². The normalized spacial score (nSPS) is 26.5. The van der Waals surface area contributed by atoms with Crippen molar-refractivity contribution < 1.29 is 5.11 Å². The Bertz CT molecular complexity index is 435. The van der Waals surface area contributed by atoms with Crippen molar-refractivity contribution in [2.24, 2.45) is 5.73 Å². The van der Waals surface area contributed by atoms with Crippen LogP contribution in [-0.4, -0.2) is 42.2 Å². The van der Waals surface area contributed by atoms with Gasteiger partial charge >= 0.3 is 0 Å². The molecule has 1 heterocycles. The predicted octanol–water partition coefficient (Wildman–Crippen LogP) is 1.94. The van der Waals surface area contributed by atoms with E-state index in [1.54, 1.807) is 0 Å². The number of aromatic hydroxyl groups is 1. The molecule has 2 rings (SSSR count). The lowest BCUT2D eigenvalue weighted by Crippen LogP contribution is -2.55. The summed E-state index contributed by atoms with van der Waals surface area (Å²) in [5.41, 5.74) is 7.71. The second kappa shape index (κ2) is 5.39. The molecule has 1 aliphatic heterocycles. The fraction of sp³-hybridized carbons (Fsp3) is 0.600. The standard InChI is InChI=1S/C15H25N3O/c1-10-8-18(9-11(2)17(10)4)13-5-6-14(12(3)16)15(19)7-13/h5-7,10-12,19H,8-9,16H2,1-4H3. The SMILES string of the molecule is CC(N)c1ccc(N2CC(C)N(C)C(C)C2)cc1O. The predicted molar refractivity (Wildman–Crippen MR) is 79.6 cm³/mol. The molecule has 106 valence electrons. The molecule has 0 bridgehead atoms. The Morgan fingerprint density at radius 2 is 1.84 bits per heavy atom. The molecule has 19 heavy (non-hydrogen) atoms. The van der Waals surface area contributed by atoms with Crippen LogP contribution >= 0.6 is 0 Å². The van der Waals surface area contributed by atoms with Gasteiger partial charge in [-0.25, -0.2) is 0 Å². The summed E-state index contributed by atoms with van der Waals surface area (Å²) in [7, 11) is 2.17. The highest BCUT2D eigenvalue weighted by Crippen LogP contribution is 2.29. The fourth-order valence-electron chi connectivity index (χ4n) is 2.73. The van der Waals surface area contributed by atoms with Crippen molar-refractivity contribution in [2.75, 3.05) is 25.0 Å². The maximum absolute atomic E-state index is 10.1. The van der Waals surface area contributed by atoms with Gasteiger partial charge in [0.1, 0.15) is 5.75 Å². The molecular weight excluding hydrogens is 238 g/mol. The van der Waals surface area contributed by atoms with Gasteiger partial charge in [0.15, 0.2) is 0 Å². The summed E-state index contributed by atoms with van der Waals surface area (Å²) in [6.07, 6.45) is 0. The third kappa shape index (κ3) is 2.85. The van der Waals surface area contributed by atoms with E-state index in [-0.39, 0.29) is 6.04 Å². The molecule has 1 fully saturated rings. The zero-order valence-corrected chi connectivity index (χ0v) is 12.3. The number of phenolic OH excluding ortho intramolecular Hbond substituents is 1. The molecule has 3 unspecified atom stereocenters. The summed E-state index contributed by atoms with van der Waals surface area (Å²) in [5, 5.41) is 10.1. The zero-order chi connectivity index (χ0) is 14.2. The van der Waals surface area contributed by atoms with Crippen molar-refractivity contribution in [2.45, 2.75) is 38.9 Å². The lowest BCUT2D eigenvalue weighted by Gasteiger charge is -2.43. The molecular formula is C15H25N3O. The van der Waals surface area contributed by atoms with E-state index in [0.29, 0.717) is 17.8 Å². The van der Waals surface area contributed by atoms with Crippen molar-refractivity contribution in [1.82, 2.24) is 4.90 Å². The second-order valence-electron chi connectivity index (χ2n) is 5.80. The summed E-state index contributed by atoms with van der Waals surface area (Å²) in [4.78, 5) is 4.73. The van der Waals surface area contributed by atoms with Crippen molar-refractivity contribution in [3.05, 3.63) is 23.8 Å². The third-order valence-electron chi connectivity index (χ3n) is 4.23. The van der Waals surface area contributed by atoms with Crippen LogP contribution in [0.2, 0.25) is 0 Å². The average molecular weight is 263 g/mol. The lowest BCUT2D eigenvalue weighted by atomic mass is 10.0. The molecule has 0 aromatic heterocycles. The highest BCUT2D eigenvalue weighted by Gasteiger charge is 2.26. The van der Waals surface area contributed by atoms with Gasteiger partial charge in [-0.1, -0.05) is 6.07 Å². The van der Waals surface area contributed by atoms with Crippen LogP contribution in [-0.2, 0) is 0 Å². The summed E-state index contributed by atoms with van der Waals surface area (Å²) in [5.74, 6) is 0.298. The van der Waals surface area contributed by atoms with E-state index in [9.17, 15) is 5.11 Å². The number of benzene rings is 1. The zero-order valence-electron chi connectivity index (χ0n) is 12.3. The second-order valence-corrected chi connectivity index (χ2v) is 5.80. The van der Waals surface area contributed by atoms with Gasteiger partial charge in [0.05, 0.1) is 0 Å². The Morgan fingerprint density at radius 3 is 2.32 bits per heavy atom. The smallest absolute Gasteiger partial charge is 0.122 e. The van der Waals surface area contributed by atoms with Crippen LogP contribution in [0, 0.1) is 0 Å². The first-order valence-electron chi connectivity index (χ1n) is 6.95. The maximum atomic E-state index is 10.1. The Balaban J connectivity index is 2.21. The first-order valence-corrected chi connectivity index (χ1v) is 6.95. The number of rotatable bonds is 2. The highest BCUT2D eigenvalue weighted by atomic mass is 16.3. The number of nitrogens with two attached hydrogens (primary N) is 1. The molecule has 1 aliphatic rings. The number of phenols is 1. The first kappa shape index (κ1) is 14.2. The number of nitrogens with zero attached hydrogens (tertiary/aromatic N) is 2. The maximum Gasteiger partial charge on any atom is 0.122 e. The van der Waals surface area contributed by atoms with Crippen LogP contribution < -0.4 is 10.6 Å². The van der Waals surface area contributed by atoms with Crippen LogP contribution in [0.25, 0.3) is 0 Å². The lowest BCUT2D eigenvalue weighted by molar-refractivity contribution is 0.170. The van der Waals surface area contributed by atoms with Gasteiger partial charge in [0.2, 0.25) is 0 Å². The minimum absolute atomic E-state index is 0.139. The highest BCUT2D eigenvalue weighted by molar-refractivity contribution is 5.54. The number of likely N-dealkylation sites (N-methyl/N-ethyl adjacent to an activating group) is 1. The van der Waals surface area contributed by atoms with E-state index in [1.807, 2.05) is 19.1 Å². The quantitative estimate of drug-likeness (QED) is 0.856. The van der Waals surface area contributed by atoms with Crippen LogP contribution in [0.15, 0.2) is 18.2 Å². The topological polar surface area (TPSA) is 52.7 Å². The van der Waals surface area contributed by atoms with Crippen molar-refractivity contribution in [3.63, 3.8) is 0 Å². The molecule has 0 radical (unpaired) electrons. The van der Waals surface area contributed by atoms with E-state index in [2.05, 4.69) is 36.8 Å². The Hall–Kier alpha value is -1.26. The summed E-state index contributed by atoms with van der Waals surface area (Å²) < 4.78 is 0. The molecule has 0 saturated carbocycles. The molecule has 0 aliphatic carbocycles. The van der Waals surface area contributed by atoms with Crippen molar-refractivity contribution in [3.8, 4) is 5.75 Å². The van der Waals surface area contributed by atoms with Gasteiger partial charge in [0.25, 0.3) is 0 Å². The molecule has 3 atom stereocenters. The third-order valence-corrected chi connectivity index (χ3v) is 4.23. The molecule has 0 spiro atoms. The molecule has 0 amide bonds. The summed E-state index contributed by atoms with van der Waals surface area (Å²) in [6, 6.07) is 6.72. The van der Waals surface area contributed by atoms with Crippen molar-refractivity contribution in [1.29, 1.82) is 0 Å². The number of hydrogen-bond acceptors (Lipinski definition) is 4. The average Bonchev–Trinajstić information content (AvgIpc) is 2.34.